The van der Waals surface area contributed by atoms with Crippen molar-refractivity contribution in [3.05, 3.63) is 30.3 Å². The van der Waals surface area contributed by atoms with E-state index in [-0.39, 0.29) is 5.91 Å². The van der Waals surface area contributed by atoms with Crippen LogP contribution in [0.4, 0.5) is 5.69 Å². The van der Waals surface area contributed by atoms with E-state index in [2.05, 4.69) is 6.07 Å². The fraction of sp³-hybridized carbons (Fsp3) is 0.222. The molecule has 0 bridgehead atoms. The number of hydrogen-bond donors (Lipinski definition) is 0. The van der Waals surface area contributed by atoms with Gasteiger partial charge in [0.2, 0.25) is 5.91 Å². The van der Waals surface area contributed by atoms with E-state index in [1.54, 1.807) is 4.90 Å². The first-order valence-corrected chi connectivity index (χ1v) is 3.65. The molecule has 0 aliphatic carbocycles. The van der Waals surface area contributed by atoms with Crippen LogP contribution in [0.25, 0.3) is 0 Å². The van der Waals surface area contributed by atoms with Crippen molar-refractivity contribution < 1.29 is 4.79 Å². The second kappa shape index (κ2) is 2.38. The lowest BCUT2D eigenvalue weighted by Crippen LogP contribution is -2.43. The van der Waals surface area contributed by atoms with Crippen molar-refractivity contribution in [2.75, 3.05) is 11.4 Å². The number of hydrogen-bond acceptors (Lipinski definition) is 1. The largest absolute Gasteiger partial charge is 0.311 e. The lowest BCUT2D eigenvalue weighted by molar-refractivity contribution is -0.122. The quantitative estimate of drug-likeness (QED) is 0.545. The molecule has 1 saturated heterocycles. The van der Waals surface area contributed by atoms with Crippen molar-refractivity contribution in [2.45, 2.75) is 6.42 Å². The Labute approximate surface area is 65.4 Å². The summed E-state index contributed by atoms with van der Waals surface area (Å²) in [5, 5.41) is 0. The molecule has 2 rings (SSSR count). The first-order valence-electron chi connectivity index (χ1n) is 3.65. The van der Waals surface area contributed by atoms with Crippen LogP contribution in [0.2, 0.25) is 0 Å². The van der Waals surface area contributed by atoms with Crippen molar-refractivity contribution in [3.8, 4) is 0 Å². The minimum absolute atomic E-state index is 0.201. The van der Waals surface area contributed by atoms with Gasteiger partial charge in [0.05, 0.1) is 5.69 Å². The van der Waals surface area contributed by atoms with E-state index in [1.165, 1.54) is 0 Å². The van der Waals surface area contributed by atoms with Gasteiger partial charge >= 0.3 is 0 Å². The number of benzene rings is 1. The smallest absolute Gasteiger partial charge is 0.228 e. The number of carbonyl (C=O) groups excluding carboxylic acids is 1. The van der Waals surface area contributed by atoms with Crippen molar-refractivity contribution in [1.29, 1.82) is 0 Å². The van der Waals surface area contributed by atoms with Gasteiger partial charge in [-0.1, -0.05) is 18.2 Å². The number of anilines is 1. The van der Waals surface area contributed by atoms with Crippen molar-refractivity contribution in [3.63, 3.8) is 0 Å². The van der Waals surface area contributed by atoms with Crippen LogP contribution in [0, 0.1) is 6.07 Å². The Bertz CT molecular complexity index is 268. The maximum atomic E-state index is 10.9. The summed E-state index contributed by atoms with van der Waals surface area (Å²) in [6, 6.07) is 10.5. The van der Waals surface area contributed by atoms with E-state index < -0.39 is 0 Å². The molecule has 11 heavy (non-hydrogen) atoms. The van der Waals surface area contributed by atoms with Crippen LogP contribution in [0.5, 0.6) is 0 Å². The molecule has 1 aliphatic heterocycles. The highest BCUT2D eigenvalue weighted by atomic mass is 16.2. The second-order valence-corrected chi connectivity index (χ2v) is 2.54. The molecular weight excluding hydrogens is 138 g/mol. The summed E-state index contributed by atoms with van der Waals surface area (Å²) in [7, 11) is 0. The van der Waals surface area contributed by atoms with Gasteiger partial charge < -0.3 is 4.90 Å². The Morgan fingerprint density at radius 3 is 2.82 bits per heavy atom. The Morgan fingerprint density at radius 1 is 1.45 bits per heavy atom. The van der Waals surface area contributed by atoms with E-state index in [1.807, 2.05) is 24.3 Å². The molecule has 1 radical (unpaired) electrons. The van der Waals surface area contributed by atoms with Crippen LogP contribution in [0.1, 0.15) is 6.42 Å². The molecule has 0 saturated carbocycles. The van der Waals surface area contributed by atoms with E-state index >= 15 is 0 Å². The number of carbonyl (C=O) groups is 1. The fourth-order valence-electron chi connectivity index (χ4n) is 1.12. The first kappa shape index (κ1) is 6.40. The van der Waals surface area contributed by atoms with Gasteiger partial charge in [-0.15, -0.1) is 0 Å². The zero-order chi connectivity index (χ0) is 7.68. The number of β-lactam (4-membered cyclic amide) rings is 1. The molecule has 1 aliphatic rings. The second-order valence-electron chi connectivity index (χ2n) is 2.54. The SMILES string of the molecule is O=C1CCN1c1[c]cccc1. The van der Waals surface area contributed by atoms with Gasteiger partial charge in [0.15, 0.2) is 0 Å². The molecule has 1 heterocycles. The van der Waals surface area contributed by atoms with Crippen LogP contribution >= 0.6 is 0 Å². The van der Waals surface area contributed by atoms with Gasteiger partial charge in [-0.3, -0.25) is 4.79 Å². The average molecular weight is 146 g/mol. The molecule has 0 unspecified atom stereocenters. The number of para-hydroxylation sites is 1. The Hall–Kier alpha value is -1.31. The molecule has 55 valence electrons. The molecule has 1 fully saturated rings. The Kier molecular flexibility index (Phi) is 1.39. The topological polar surface area (TPSA) is 20.3 Å². The third-order valence-corrected chi connectivity index (χ3v) is 1.83. The lowest BCUT2D eigenvalue weighted by atomic mass is 10.1. The minimum atomic E-state index is 0.201. The van der Waals surface area contributed by atoms with Gasteiger partial charge in [0, 0.05) is 19.0 Å². The molecule has 0 N–H and O–H groups in total. The summed E-state index contributed by atoms with van der Waals surface area (Å²) in [6.45, 7) is 0.847. The maximum absolute atomic E-state index is 10.9. The average Bonchev–Trinajstić information content (AvgIpc) is 2.04. The van der Waals surface area contributed by atoms with Gasteiger partial charge in [-0.25, -0.2) is 0 Å². The molecule has 1 aromatic carbocycles. The predicted molar refractivity (Wildman–Crippen MR) is 42.2 cm³/mol. The van der Waals surface area contributed by atoms with Gasteiger partial charge in [0.25, 0.3) is 0 Å². The van der Waals surface area contributed by atoms with E-state index in [0.717, 1.165) is 12.2 Å². The Morgan fingerprint density at radius 2 is 2.36 bits per heavy atom. The standard InChI is InChI=1S/C9H8NO/c11-9-6-7-10(9)8-4-2-1-3-5-8/h1-4H,6-7H2. The highest BCUT2D eigenvalue weighted by Crippen LogP contribution is 2.19. The maximum Gasteiger partial charge on any atom is 0.228 e. The molecule has 0 aromatic heterocycles. The summed E-state index contributed by atoms with van der Waals surface area (Å²) in [5.74, 6) is 0.201. The zero-order valence-corrected chi connectivity index (χ0v) is 6.08. The molecular formula is C9H8NO. The number of amides is 1. The summed E-state index contributed by atoms with van der Waals surface area (Å²) in [4.78, 5) is 12.7. The van der Waals surface area contributed by atoms with Crippen molar-refractivity contribution >= 4 is 11.6 Å². The molecule has 0 spiro atoms. The first-order chi connectivity index (χ1) is 5.38. The van der Waals surface area contributed by atoms with Crippen LogP contribution in [-0.2, 0) is 4.79 Å². The van der Waals surface area contributed by atoms with Crippen LogP contribution in [0.3, 0.4) is 0 Å². The fourth-order valence-corrected chi connectivity index (χ4v) is 1.12. The van der Waals surface area contributed by atoms with E-state index in [0.29, 0.717) is 6.42 Å². The van der Waals surface area contributed by atoms with Crippen LogP contribution in [0.15, 0.2) is 24.3 Å². The zero-order valence-electron chi connectivity index (χ0n) is 6.08. The van der Waals surface area contributed by atoms with Crippen LogP contribution in [-0.4, -0.2) is 12.5 Å². The predicted octanol–water partition coefficient (Wildman–Crippen LogP) is 1.22. The van der Waals surface area contributed by atoms with Gasteiger partial charge in [-0.05, 0) is 6.07 Å². The third kappa shape index (κ3) is 1.00. The monoisotopic (exact) mass is 146 g/mol. The van der Waals surface area contributed by atoms with Crippen LogP contribution < -0.4 is 4.90 Å². The summed E-state index contributed by atoms with van der Waals surface area (Å²) >= 11 is 0. The Balaban J connectivity index is 2.23. The molecule has 0 atom stereocenters. The van der Waals surface area contributed by atoms with Crippen molar-refractivity contribution in [2.24, 2.45) is 0 Å². The van der Waals surface area contributed by atoms with E-state index in [4.69, 9.17) is 0 Å². The number of nitrogens with zero attached hydrogens (tertiary/aromatic N) is 1. The number of rotatable bonds is 1. The molecule has 1 amide bonds. The minimum Gasteiger partial charge on any atom is -0.311 e. The summed E-state index contributed by atoms with van der Waals surface area (Å²) in [6.07, 6.45) is 0.683. The highest BCUT2D eigenvalue weighted by Gasteiger charge is 2.24. The highest BCUT2D eigenvalue weighted by molar-refractivity contribution is 5.99. The van der Waals surface area contributed by atoms with Gasteiger partial charge in [-0.2, -0.15) is 0 Å². The summed E-state index contributed by atoms with van der Waals surface area (Å²) in [5.41, 5.74) is 0.892. The normalized spacial score (nSPS) is 16.4. The van der Waals surface area contributed by atoms with Gasteiger partial charge in [0.1, 0.15) is 0 Å². The van der Waals surface area contributed by atoms with Crippen molar-refractivity contribution in [1.82, 2.24) is 0 Å². The molecule has 2 heteroatoms. The lowest BCUT2D eigenvalue weighted by Gasteiger charge is -2.30. The van der Waals surface area contributed by atoms with E-state index in [9.17, 15) is 4.79 Å². The molecule has 2 nitrogen and oxygen atoms in total. The third-order valence-electron chi connectivity index (χ3n) is 1.83. The summed E-state index contributed by atoms with van der Waals surface area (Å²) < 4.78 is 0. The molecule has 1 aromatic rings.